The molecule has 1 aliphatic rings. The molecule has 2 unspecified atom stereocenters. The fourth-order valence-corrected chi connectivity index (χ4v) is 1.30. The molecule has 0 bridgehead atoms. The topological polar surface area (TPSA) is 52.9 Å². The van der Waals surface area contributed by atoms with Gasteiger partial charge in [0.05, 0.1) is 6.07 Å². The monoisotopic (exact) mass is 214 g/mol. The molecule has 2 atom stereocenters. The van der Waals surface area contributed by atoms with Crippen LogP contribution in [0.3, 0.4) is 0 Å². The van der Waals surface area contributed by atoms with E-state index in [-0.39, 0.29) is 11.8 Å². The minimum Gasteiger partial charge on any atom is -0.331 e. The zero-order chi connectivity index (χ0) is 8.43. The molecular formula is C7H7BrN2O. The Morgan fingerprint density at radius 1 is 1.82 bits per heavy atom. The number of nitrogens with zero attached hydrogens (tertiary/aromatic N) is 1. The first-order valence-electron chi connectivity index (χ1n) is 3.22. The molecule has 1 amide bonds. The second-order valence-corrected chi connectivity index (χ2v) is 3.35. The quantitative estimate of drug-likeness (QED) is 0.658. The molecule has 0 aromatic carbocycles. The van der Waals surface area contributed by atoms with Gasteiger partial charge in [-0.15, -0.1) is 0 Å². The van der Waals surface area contributed by atoms with E-state index >= 15 is 0 Å². The summed E-state index contributed by atoms with van der Waals surface area (Å²) in [5.74, 6) is -0.814. The Bertz CT molecular complexity index is 254. The zero-order valence-corrected chi connectivity index (χ0v) is 7.55. The van der Waals surface area contributed by atoms with E-state index in [0.717, 1.165) is 4.48 Å². The molecule has 0 aromatic rings. The van der Waals surface area contributed by atoms with Crippen LogP contribution in [0.2, 0.25) is 0 Å². The van der Waals surface area contributed by atoms with E-state index in [2.05, 4.69) is 21.2 Å². The summed E-state index contributed by atoms with van der Waals surface area (Å²) in [6, 6.07) is 1.95. The van der Waals surface area contributed by atoms with Crippen molar-refractivity contribution in [3.63, 3.8) is 0 Å². The smallest absolute Gasteiger partial charge is 0.241 e. The molecule has 0 spiro atoms. The van der Waals surface area contributed by atoms with E-state index in [4.69, 9.17) is 5.26 Å². The molecule has 1 heterocycles. The lowest BCUT2D eigenvalue weighted by molar-refractivity contribution is -0.123. The fourth-order valence-electron chi connectivity index (χ4n) is 0.918. The van der Waals surface area contributed by atoms with Gasteiger partial charge >= 0.3 is 0 Å². The van der Waals surface area contributed by atoms with Crippen LogP contribution in [0, 0.1) is 23.2 Å². The first-order chi connectivity index (χ1) is 5.16. The van der Waals surface area contributed by atoms with E-state index in [1.807, 2.05) is 13.0 Å². The second-order valence-electron chi connectivity index (χ2n) is 2.43. The number of halogens is 1. The normalized spacial score (nSPS) is 30.3. The molecule has 58 valence electrons. The highest BCUT2D eigenvalue weighted by atomic mass is 79.9. The van der Waals surface area contributed by atoms with Crippen LogP contribution in [0.25, 0.3) is 0 Å². The predicted octanol–water partition coefficient (Wildman–Crippen LogP) is 1.13. The molecule has 0 saturated carbocycles. The highest BCUT2D eigenvalue weighted by Crippen LogP contribution is 2.27. The van der Waals surface area contributed by atoms with Gasteiger partial charge in [0.2, 0.25) is 5.91 Å². The molecule has 4 heteroatoms. The van der Waals surface area contributed by atoms with Crippen molar-refractivity contribution in [2.45, 2.75) is 6.92 Å². The number of carbonyl (C=O) groups excluding carboxylic acids is 1. The summed E-state index contributed by atoms with van der Waals surface area (Å²) < 4.78 is 0.864. The van der Waals surface area contributed by atoms with Crippen LogP contribution in [0.15, 0.2) is 10.7 Å². The molecule has 0 aromatic heterocycles. The van der Waals surface area contributed by atoms with E-state index in [0.29, 0.717) is 0 Å². The van der Waals surface area contributed by atoms with Crippen molar-refractivity contribution in [1.29, 1.82) is 5.26 Å². The van der Waals surface area contributed by atoms with E-state index in [1.165, 1.54) is 0 Å². The Morgan fingerprint density at radius 3 is 2.91 bits per heavy atom. The summed E-state index contributed by atoms with van der Waals surface area (Å²) >= 11 is 3.26. The van der Waals surface area contributed by atoms with Crippen molar-refractivity contribution in [3.8, 4) is 6.07 Å². The average molecular weight is 215 g/mol. The number of hydrogen-bond acceptors (Lipinski definition) is 2. The summed E-state index contributed by atoms with van der Waals surface area (Å²) in [6.07, 6.45) is 1.58. The van der Waals surface area contributed by atoms with Gasteiger partial charge < -0.3 is 5.32 Å². The van der Waals surface area contributed by atoms with Crippen molar-refractivity contribution in [1.82, 2.24) is 5.32 Å². The summed E-state index contributed by atoms with van der Waals surface area (Å²) in [5.41, 5.74) is 0. The number of hydrogen-bond donors (Lipinski definition) is 1. The molecular weight excluding hydrogens is 208 g/mol. The lowest BCUT2D eigenvalue weighted by Gasteiger charge is -2.20. The molecule has 3 nitrogen and oxygen atoms in total. The van der Waals surface area contributed by atoms with Crippen LogP contribution in [0.1, 0.15) is 6.92 Å². The minimum absolute atomic E-state index is 0.0336. The lowest BCUT2D eigenvalue weighted by atomic mass is 9.92. The standard InChI is InChI=1S/C7H7BrN2O/c1-4-5(2-9)7(11)10-3-6(4)8/h3-5H,1H3,(H,10,11). The molecule has 0 radical (unpaired) electrons. The van der Waals surface area contributed by atoms with Crippen molar-refractivity contribution in [3.05, 3.63) is 10.7 Å². The van der Waals surface area contributed by atoms with Crippen LogP contribution in [0.5, 0.6) is 0 Å². The van der Waals surface area contributed by atoms with Gasteiger partial charge in [-0.1, -0.05) is 22.9 Å². The van der Waals surface area contributed by atoms with E-state index in [1.54, 1.807) is 6.20 Å². The van der Waals surface area contributed by atoms with E-state index < -0.39 is 5.92 Å². The maximum atomic E-state index is 11.0. The first kappa shape index (κ1) is 8.28. The number of nitriles is 1. The zero-order valence-electron chi connectivity index (χ0n) is 5.97. The fraction of sp³-hybridized carbons (Fsp3) is 0.429. The van der Waals surface area contributed by atoms with E-state index in [9.17, 15) is 4.79 Å². The van der Waals surface area contributed by atoms with Gasteiger partial charge in [0.15, 0.2) is 0 Å². The third-order valence-electron chi connectivity index (χ3n) is 1.71. The average Bonchev–Trinajstić information content (AvgIpc) is 1.99. The van der Waals surface area contributed by atoms with Crippen molar-refractivity contribution < 1.29 is 4.79 Å². The molecule has 0 saturated heterocycles. The molecule has 11 heavy (non-hydrogen) atoms. The summed E-state index contributed by atoms with van der Waals surface area (Å²) in [6.45, 7) is 1.84. The third-order valence-corrected chi connectivity index (χ3v) is 2.66. The van der Waals surface area contributed by atoms with Crippen LogP contribution < -0.4 is 5.32 Å². The Morgan fingerprint density at radius 2 is 2.45 bits per heavy atom. The number of amides is 1. The summed E-state index contributed by atoms with van der Waals surface area (Å²) in [5, 5.41) is 11.1. The largest absolute Gasteiger partial charge is 0.331 e. The Balaban J connectivity index is 2.90. The Hall–Kier alpha value is -0.820. The number of nitrogens with one attached hydrogen (secondary N) is 1. The van der Waals surface area contributed by atoms with Gasteiger partial charge in [-0.05, 0) is 0 Å². The van der Waals surface area contributed by atoms with Crippen LogP contribution in [0.4, 0.5) is 0 Å². The number of allylic oxidation sites excluding steroid dienone is 1. The van der Waals surface area contributed by atoms with Crippen molar-refractivity contribution in [2.75, 3.05) is 0 Å². The molecule has 1 N–H and O–H groups in total. The maximum absolute atomic E-state index is 11.0. The SMILES string of the molecule is CC1C(Br)=CNC(=O)C1C#N. The number of carbonyl (C=O) groups is 1. The Kier molecular flexibility index (Phi) is 2.30. The van der Waals surface area contributed by atoms with Gasteiger partial charge in [0.1, 0.15) is 5.92 Å². The molecule has 0 fully saturated rings. The lowest BCUT2D eigenvalue weighted by Crippen LogP contribution is -2.34. The summed E-state index contributed by atoms with van der Waals surface area (Å²) in [4.78, 5) is 11.0. The maximum Gasteiger partial charge on any atom is 0.241 e. The van der Waals surface area contributed by atoms with Crippen molar-refractivity contribution in [2.24, 2.45) is 11.8 Å². The van der Waals surface area contributed by atoms with Crippen LogP contribution in [-0.2, 0) is 4.79 Å². The number of rotatable bonds is 0. The van der Waals surface area contributed by atoms with Crippen LogP contribution in [-0.4, -0.2) is 5.91 Å². The van der Waals surface area contributed by atoms with Crippen molar-refractivity contribution >= 4 is 21.8 Å². The van der Waals surface area contributed by atoms with Gasteiger partial charge in [-0.25, -0.2) is 0 Å². The van der Waals surface area contributed by atoms with Gasteiger partial charge in [0, 0.05) is 16.6 Å². The van der Waals surface area contributed by atoms with Crippen LogP contribution >= 0.6 is 15.9 Å². The molecule has 1 aliphatic heterocycles. The van der Waals surface area contributed by atoms with Gasteiger partial charge in [-0.3, -0.25) is 4.79 Å². The Labute approximate surface area is 73.2 Å². The molecule has 0 aliphatic carbocycles. The summed E-state index contributed by atoms with van der Waals surface area (Å²) in [7, 11) is 0. The van der Waals surface area contributed by atoms with Gasteiger partial charge in [0.25, 0.3) is 0 Å². The highest BCUT2D eigenvalue weighted by Gasteiger charge is 2.29. The molecule has 1 rings (SSSR count). The third kappa shape index (κ3) is 1.43. The first-order valence-corrected chi connectivity index (χ1v) is 4.01. The van der Waals surface area contributed by atoms with Gasteiger partial charge in [-0.2, -0.15) is 5.26 Å². The second kappa shape index (κ2) is 3.05. The highest BCUT2D eigenvalue weighted by molar-refractivity contribution is 9.11. The minimum atomic E-state index is -0.561. The predicted molar refractivity (Wildman–Crippen MR) is 43.4 cm³/mol.